The first-order valence-electron chi connectivity index (χ1n) is 8.77. The molecular formula is C23H26FN. The van der Waals surface area contributed by atoms with Crippen LogP contribution in [0.15, 0.2) is 72.0 Å². The number of rotatable bonds is 3. The van der Waals surface area contributed by atoms with Crippen molar-refractivity contribution >= 4 is 11.6 Å². The monoisotopic (exact) mass is 335 g/mol. The Kier molecular flexibility index (Phi) is 7.34. The summed E-state index contributed by atoms with van der Waals surface area (Å²) in [4.78, 5) is 4.64. The Morgan fingerprint density at radius 2 is 1.80 bits per heavy atom. The first-order chi connectivity index (χ1) is 12.3. The third-order valence-corrected chi connectivity index (χ3v) is 4.39. The molecule has 0 spiro atoms. The fourth-order valence-electron chi connectivity index (χ4n) is 3.23. The Bertz CT molecular complexity index is 770. The fraction of sp³-hybridized carbons (Fsp3) is 0.261. The van der Waals surface area contributed by atoms with E-state index in [9.17, 15) is 4.39 Å². The van der Waals surface area contributed by atoms with E-state index in [0.29, 0.717) is 7.18 Å². The van der Waals surface area contributed by atoms with Crippen LogP contribution < -0.4 is 0 Å². The highest BCUT2D eigenvalue weighted by Crippen LogP contribution is 2.36. The summed E-state index contributed by atoms with van der Waals surface area (Å²) in [5.41, 5.74) is 7.89. The smallest absolute Gasteiger partial charge is 0.0785 e. The maximum atomic E-state index is 9.50. The van der Waals surface area contributed by atoms with Crippen molar-refractivity contribution in [1.82, 2.24) is 4.98 Å². The van der Waals surface area contributed by atoms with Crippen LogP contribution in [0.1, 0.15) is 43.5 Å². The molecule has 130 valence electrons. The molecule has 1 aliphatic carbocycles. The van der Waals surface area contributed by atoms with E-state index in [0.717, 1.165) is 19.3 Å². The third kappa shape index (κ3) is 4.54. The zero-order valence-electron chi connectivity index (χ0n) is 15.3. The summed E-state index contributed by atoms with van der Waals surface area (Å²) in [6.07, 6.45) is 11.8. The van der Waals surface area contributed by atoms with Gasteiger partial charge in [0.2, 0.25) is 0 Å². The van der Waals surface area contributed by atoms with Crippen LogP contribution in [-0.4, -0.2) is 12.2 Å². The number of fused-ring (bicyclic) bond motifs is 1. The second-order valence-electron chi connectivity index (χ2n) is 5.84. The van der Waals surface area contributed by atoms with Gasteiger partial charge in [-0.15, -0.1) is 0 Å². The van der Waals surface area contributed by atoms with E-state index in [2.05, 4.69) is 73.5 Å². The number of allylic oxidation sites excluding steroid dienone is 5. The van der Waals surface area contributed by atoms with Gasteiger partial charge in [0.1, 0.15) is 0 Å². The minimum atomic E-state index is 0.500. The van der Waals surface area contributed by atoms with Crippen LogP contribution in [0.25, 0.3) is 11.6 Å². The van der Waals surface area contributed by atoms with Crippen molar-refractivity contribution in [1.29, 1.82) is 0 Å². The van der Waals surface area contributed by atoms with Gasteiger partial charge < -0.3 is 0 Å². The van der Waals surface area contributed by atoms with Crippen molar-refractivity contribution in [3.63, 3.8) is 0 Å². The second-order valence-corrected chi connectivity index (χ2v) is 5.84. The summed E-state index contributed by atoms with van der Waals surface area (Å²) in [7, 11) is 0.500. The van der Waals surface area contributed by atoms with Crippen LogP contribution in [0.5, 0.6) is 0 Å². The van der Waals surface area contributed by atoms with Crippen molar-refractivity contribution in [3.8, 4) is 0 Å². The molecule has 0 radical (unpaired) electrons. The maximum absolute atomic E-state index is 9.50. The van der Waals surface area contributed by atoms with Crippen molar-refractivity contribution in [2.45, 2.75) is 33.1 Å². The van der Waals surface area contributed by atoms with Crippen LogP contribution in [0.4, 0.5) is 4.39 Å². The summed E-state index contributed by atoms with van der Waals surface area (Å²) in [5.74, 6) is 0. The Morgan fingerprint density at radius 3 is 2.48 bits per heavy atom. The number of hydrogen-bond acceptors (Lipinski definition) is 1. The summed E-state index contributed by atoms with van der Waals surface area (Å²) in [5, 5.41) is 0. The lowest BCUT2D eigenvalue weighted by molar-refractivity contribution is 0.636. The van der Waals surface area contributed by atoms with E-state index in [1.54, 1.807) is 0 Å². The summed E-state index contributed by atoms with van der Waals surface area (Å²) < 4.78 is 9.50. The Balaban J connectivity index is 0.00000109. The van der Waals surface area contributed by atoms with Gasteiger partial charge in [0.15, 0.2) is 0 Å². The van der Waals surface area contributed by atoms with Gasteiger partial charge in [0, 0.05) is 17.5 Å². The summed E-state index contributed by atoms with van der Waals surface area (Å²) in [6.45, 7) is 4.35. The van der Waals surface area contributed by atoms with Crippen molar-refractivity contribution < 1.29 is 4.39 Å². The minimum Gasteiger partial charge on any atom is -0.261 e. The van der Waals surface area contributed by atoms with Gasteiger partial charge in [-0.2, -0.15) is 0 Å². The van der Waals surface area contributed by atoms with Gasteiger partial charge >= 0.3 is 0 Å². The minimum absolute atomic E-state index is 0.500. The standard InChI is InChI=1S/C22H23N.CH3F/c1-3-9-19-18(4-2)13-14-22-20(12-8-15-23-22)21(19)16-17-10-6-5-7-11-17;1-2/h3,5-12,15-16H,4,13-14H2,1-2H3;1H3/b9-3-,21-16+;. The molecule has 0 amide bonds. The number of alkyl halides is 1. The van der Waals surface area contributed by atoms with E-state index in [4.69, 9.17) is 0 Å². The molecule has 0 fully saturated rings. The second kappa shape index (κ2) is 9.73. The van der Waals surface area contributed by atoms with E-state index in [1.165, 1.54) is 33.5 Å². The number of pyridine rings is 1. The van der Waals surface area contributed by atoms with Gasteiger partial charge in [-0.3, -0.25) is 9.37 Å². The summed E-state index contributed by atoms with van der Waals surface area (Å²) >= 11 is 0. The third-order valence-electron chi connectivity index (χ3n) is 4.39. The molecule has 2 aromatic rings. The fourth-order valence-corrected chi connectivity index (χ4v) is 3.23. The molecule has 0 atom stereocenters. The van der Waals surface area contributed by atoms with E-state index < -0.39 is 0 Å². The van der Waals surface area contributed by atoms with Crippen LogP contribution in [0.3, 0.4) is 0 Å². The van der Waals surface area contributed by atoms with Crippen molar-refractivity contribution in [2.75, 3.05) is 7.18 Å². The lowest BCUT2D eigenvalue weighted by atomic mass is 9.92. The molecule has 1 nitrogen and oxygen atoms in total. The molecule has 1 aliphatic rings. The molecule has 2 heteroatoms. The molecule has 1 aromatic heterocycles. The molecule has 1 heterocycles. The number of aromatic nitrogens is 1. The molecule has 0 bridgehead atoms. The molecule has 0 unspecified atom stereocenters. The Hall–Kier alpha value is -2.48. The average molecular weight is 335 g/mol. The first kappa shape index (κ1) is 18.9. The van der Waals surface area contributed by atoms with Crippen LogP contribution in [-0.2, 0) is 6.42 Å². The zero-order chi connectivity index (χ0) is 18.1. The Morgan fingerprint density at radius 1 is 1.04 bits per heavy atom. The quantitative estimate of drug-likeness (QED) is 0.629. The van der Waals surface area contributed by atoms with Gasteiger partial charge in [-0.1, -0.05) is 61.0 Å². The number of nitrogens with zero attached hydrogens (tertiary/aromatic N) is 1. The molecule has 0 saturated carbocycles. The largest absolute Gasteiger partial charge is 0.261 e. The van der Waals surface area contributed by atoms with Crippen LogP contribution in [0.2, 0.25) is 0 Å². The number of hydrogen-bond donors (Lipinski definition) is 0. The first-order valence-corrected chi connectivity index (χ1v) is 8.77. The maximum Gasteiger partial charge on any atom is 0.0785 e. The highest BCUT2D eigenvalue weighted by Gasteiger charge is 2.19. The molecule has 0 N–H and O–H groups in total. The van der Waals surface area contributed by atoms with Crippen LogP contribution in [0, 0.1) is 0 Å². The zero-order valence-corrected chi connectivity index (χ0v) is 15.3. The molecule has 3 rings (SSSR count). The van der Waals surface area contributed by atoms with Gasteiger partial charge in [-0.25, -0.2) is 0 Å². The van der Waals surface area contributed by atoms with Crippen molar-refractivity contribution in [2.24, 2.45) is 0 Å². The SMILES string of the molecule is C/C=C\C1=C(CC)CCc2ncccc2/C1=C/c1ccccc1.CF. The predicted molar refractivity (Wildman–Crippen MR) is 106 cm³/mol. The highest BCUT2D eigenvalue weighted by atomic mass is 19.1. The Labute approximate surface area is 150 Å². The molecular weight excluding hydrogens is 309 g/mol. The van der Waals surface area contributed by atoms with E-state index >= 15 is 0 Å². The van der Waals surface area contributed by atoms with Crippen molar-refractivity contribution in [3.05, 3.63) is 88.8 Å². The van der Waals surface area contributed by atoms with Gasteiger partial charge in [0.25, 0.3) is 0 Å². The van der Waals surface area contributed by atoms with Gasteiger partial charge in [0.05, 0.1) is 7.18 Å². The predicted octanol–water partition coefficient (Wildman–Crippen LogP) is 6.44. The van der Waals surface area contributed by atoms with E-state index in [1.807, 2.05) is 12.3 Å². The molecule has 0 aliphatic heterocycles. The lowest BCUT2D eigenvalue weighted by Gasteiger charge is -2.13. The molecule has 0 saturated heterocycles. The van der Waals surface area contributed by atoms with E-state index in [-0.39, 0.29) is 0 Å². The normalized spacial score (nSPS) is 15.6. The lowest BCUT2D eigenvalue weighted by Crippen LogP contribution is -1.95. The number of aryl methyl sites for hydroxylation is 1. The van der Waals surface area contributed by atoms with Gasteiger partial charge in [-0.05, 0) is 55.0 Å². The average Bonchev–Trinajstić information content (AvgIpc) is 2.82. The molecule has 1 aromatic carbocycles. The topological polar surface area (TPSA) is 12.9 Å². The van der Waals surface area contributed by atoms with Crippen LogP contribution >= 0.6 is 0 Å². The number of benzene rings is 1. The number of halogens is 1. The molecule has 25 heavy (non-hydrogen) atoms. The highest BCUT2D eigenvalue weighted by molar-refractivity contribution is 5.94. The summed E-state index contributed by atoms with van der Waals surface area (Å²) in [6, 6.07) is 14.8.